The maximum Gasteiger partial charge on any atom is 0.128 e. The standard InChI is InChI=1S/C20H25N5/c1-15(2)25(3)20-9-6-17(14-22-20)13-21-12-16-4-7-18(8-5-16)19-10-11-23-24-19/h4-11,14-15,21H,12-13H2,1-3H3,(H,23,24). The topological polar surface area (TPSA) is 56.8 Å². The minimum Gasteiger partial charge on any atom is -0.357 e. The number of nitrogens with one attached hydrogen (secondary N) is 2. The third-order valence-electron chi connectivity index (χ3n) is 4.37. The number of hydrogen-bond donors (Lipinski definition) is 2. The Balaban J connectivity index is 1.51. The van der Waals surface area contributed by atoms with Crippen LogP contribution in [0.3, 0.4) is 0 Å². The third-order valence-corrected chi connectivity index (χ3v) is 4.37. The molecule has 2 N–H and O–H groups in total. The summed E-state index contributed by atoms with van der Waals surface area (Å²) in [6.07, 6.45) is 3.71. The van der Waals surface area contributed by atoms with Crippen LogP contribution >= 0.6 is 0 Å². The third kappa shape index (κ3) is 4.45. The van der Waals surface area contributed by atoms with E-state index >= 15 is 0 Å². The van der Waals surface area contributed by atoms with Crippen LogP contribution in [0.5, 0.6) is 0 Å². The molecule has 0 unspecified atom stereocenters. The van der Waals surface area contributed by atoms with Gasteiger partial charge < -0.3 is 10.2 Å². The molecule has 130 valence electrons. The van der Waals surface area contributed by atoms with Gasteiger partial charge in [0.15, 0.2) is 0 Å². The highest BCUT2D eigenvalue weighted by Gasteiger charge is 2.06. The van der Waals surface area contributed by atoms with Gasteiger partial charge in [-0.2, -0.15) is 5.10 Å². The first kappa shape index (κ1) is 17.2. The van der Waals surface area contributed by atoms with Crippen LogP contribution in [0.4, 0.5) is 5.82 Å². The van der Waals surface area contributed by atoms with Crippen molar-refractivity contribution in [2.24, 2.45) is 0 Å². The van der Waals surface area contributed by atoms with E-state index in [2.05, 4.69) is 82.7 Å². The molecule has 0 bridgehead atoms. The van der Waals surface area contributed by atoms with E-state index in [1.807, 2.05) is 12.3 Å². The van der Waals surface area contributed by atoms with Crippen molar-refractivity contribution in [1.82, 2.24) is 20.5 Å². The molecule has 0 aliphatic carbocycles. The quantitative estimate of drug-likeness (QED) is 0.692. The van der Waals surface area contributed by atoms with Gasteiger partial charge in [0, 0.05) is 38.6 Å². The molecule has 25 heavy (non-hydrogen) atoms. The largest absolute Gasteiger partial charge is 0.357 e. The fourth-order valence-electron chi connectivity index (χ4n) is 2.56. The van der Waals surface area contributed by atoms with E-state index in [0.29, 0.717) is 6.04 Å². The number of aromatic amines is 1. The lowest BCUT2D eigenvalue weighted by atomic mass is 10.1. The first-order chi connectivity index (χ1) is 12.1. The van der Waals surface area contributed by atoms with Crippen molar-refractivity contribution < 1.29 is 0 Å². The smallest absolute Gasteiger partial charge is 0.128 e. The van der Waals surface area contributed by atoms with E-state index in [-0.39, 0.29) is 0 Å². The van der Waals surface area contributed by atoms with E-state index in [0.717, 1.165) is 30.2 Å². The molecule has 2 aromatic heterocycles. The molecule has 0 fully saturated rings. The Hall–Kier alpha value is -2.66. The summed E-state index contributed by atoms with van der Waals surface area (Å²) in [4.78, 5) is 6.71. The Morgan fingerprint density at radius 3 is 2.32 bits per heavy atom. The zero-order chi connectivity index (χ0) is 17.6. The van der Waals surface area contributed by atoms with Crippen LogP contribution in [0.1, 0.15) is 25.0 Å². The van der Waals surface area contributed by atoms with Gasteiger partial charge in [0.05, 0.1) is 5.69 Å². The normalized spacial score (nSPS) is 11.0. The second kappa shape index (κ2) is 7.94. The summed E-state index contributed by atoms with van der Waals surface area (Å²) >= 11 is 0. The van der Waals surface area contributed by atoms with E-state index in [1.54, 1.807) is 6.20 Å². The van der Waals surface area contributed by atoms with Crippen molar-refractivity contribution in [3.05, 3.63) is 66.0 Å². The van der Waals surface area contributed by atoms with Gasteiger partial charge in [-0.3, -0.25) is 5.10 Å². The number of anilines is 1. The number of hydrogen-bond acceptors (Lipinski definition) is 4. The summed E-state index contributed by atoms with van der Waals surface area (Å²) in [6, 6.07) is 15.1. The molecule has 0 radical (unpaired) electrons. The molecule has 0 aliphatic rings. The summed E-state index contributed by atoms with van der Waals surface area (Å²) in [5.41, 5.74) is 4.63. The Morgan fingerprint density at radius 2 is 1.72 bits per heavy atom. The van der Waals surface area contributed by atoms with E-state index in [4.69, 9.17) is 0 Å². The van der Waals surface area contributed by atoms with Crippen LogP contribution in [0.15, 0.2) is 54.9 Å². The summed E-state index contributed by atoms with van der Waals surface area (Å²) < 4.78 is 0. The average Bonchev–Trinajstić information content (AvgIpc) is 3.17. The number of nitrogens with zero attached hydrogens (tertiary/aromatic N) is 3. The van der Waals surface area contributed by atoms with Crippen molar-refractivity contribution in [2.75, 3.05) is 11.9 Å². The Bertz CT molecular complexity index is 761. The van der Waals surface area contributed by atoms with Crippen molar-refractivity contribution >= 4 is 5.82 Å². The fourth-order valence-corrected chi connectivity index (χ4v) is 2.56. The highest BCUT2D eigenvalue weighted by atomic mass is 15.2. The van der Waals surface area contributed by atoms with E-state index < -0.39 is 0 Å². The second-order valence-electron chi connectivity index (χ2n) is 6.50. The molecule has 1 aromatic carbocycles. The molecule has 0 saturated heterocycles. The van der Waals surface area contributed by atoms with Crippen LogP contribution in [0.2, 0.25) is 0 Å². The van der Waals surface area contributed by atoms with Crippen LogP contribution in [-0.4, -0.2) is 28.3 Å². The average molecular weight is 335 g/mol. The van der Waals surface area contributed by atoms with Gasteiger partial charge >= 0.3 is 0 Å². The Labute approximate surface area is 149 Å². The van der Waals surface area contributed by atoms with Gasteiger partial charge in [-0.15, -0.1) is 0 Å². The Kier molecular flexibility index (Phi) is 5.46. The number of aromatic nitrogens is 3. The van der Waals surface area contributed by atoms with Crippen LogP contribution < -0.4 is 10.2 Å². The number of H-pyrrole nitrogens is 1. The lowest BCUT2D eigenvalue weighted by molar-refractivity contribution is 0.689. The number of benzene rings is 1. The highest BCUT2D eigenvalue weighted by molar-refractivity contribution is 5.58. The lowest BCUT2D eigenvalue weighted by Gasteiger charge is -2.22. The zero-order valence-corrected chi connectivity index (χ0v) is 15.0. The van der Waals surface area contributed by atoms with Gasteiger partial charge in [-0.25, -0.2) is 4.98 Å². The SMILES string of the molecule is CC(C)N(C)c1ccc(CNCc2ccc(-c3ccn[nH]3)cc2)cn1. The molecule has 0 spiro atoms. The van der Waals surface area contributed by atoms with Crippen molar-refractivity contribution in [3.8, 4) is 11.3 Å². The van der Waals surface area contributed by atoms with Gasteiger partial charge in [0.2, 0.25) is 0 Å². The maximum atomic E-state index is 4.54. The molecule has 0 amide bonds. The zero-order valence-electron chi connectivity index (χ0n) is 15.0. The van der Waals surface area contributed by atoms with Gasteiger partial charge in [-0.05, 0) is 42.7 Å². The molecule has 0 aliphatic heterocycles. The maximum absolute atomic E-state index is 4.54. The molecule has 3 rings (SSSR count). The lowest BCUT2D eigenvalue weighted by Crippen LogP contribution is -2.26. The van der Waals surface area contributed by atoms with Crippen LogP contribution in [0.25, 0.3) is 11.3 Å². The molecule has 0 atom stereocenters. The van der Waals surface area contributed by atoms with Gasteiger partial charge in [0.25, 0.3) is 0 Å². The molecule has 0 saturated carbocycles. The highest BCUT2D eigenvalue weighted by Crippen LogP contribution is 2.17. The molecule has 3 aromatic rings. The summed E-state index contributed by atoms with van der Waals surface area (Å²) in [6.45, 7) is 5.96. The minimum atomic E-state index is 0.446. The van der Waals surface area contributed by atoms with Crippen molar-refractivity contribution in [3.63, 3.8) is 0 Å². The first-order valence-corrected chi connectivity index (χ1v) is 8.60. The van der Waals surface area contributed by atoms with Crippen LogP contribution in [0, 0.1) is 0 Å². The summed E-state index contributed by atoms with van der Waals surface area (Å²) in [5, 5.41) is 10.4. The molecule has 2 heterocycles. The van der Waals surface area contributed by atoms with E-state index in [1.165, 1.54) is 11.1 Å². The molecule has 5 nitrogen and oxygen atoms in total. The summed E-state index contributed by atoms with van der Waals surface area (Å²) in [5.74, 6) is 1.01. The second-order valence-corrected chi connectivity index (χ2v) is 6.50. The molecular weight excluding hydrogens is 310 g/mol. The monoisotopic (exact) mass is 335 g/mol. The summed E-state index contributed by atoms with van der Waals surface area (Å²) in [7, 11) is 2.07. The van der Waals surface area contributed by atoms with Crippen molar-refractivity contribution in [2.45, 2.75) is 33.0 Å². The van der Waals surface area contributed by atoms with Gasteiger partial charge in [0.1, 0.15) is 5.82 Å². The van der Waals surface area contributed by atoms with Gasteiger partial charge in [-0.1, -0.05) is 30.3 Å². The first-order valence-electron chi connectivity index (χ1n) is 8.60. The predicted octanol–water partition coefficient (Wildman–Crippen LogP) is 3.61. The molecular formula is C20H25N5. The molecule has 5 heteroatoms. The Morgan fingerprint density at radius 1 is 1.00 bits per heavy atom. The number of pyridine rings is 1. The van der Waals surface area contributed by atoms with E-state index in [9.17, 15) is 0 Å². The van der Waals surface area contributed by atoms with Crippen molar-refractivity contribution in [1.29, 1.82) is 0 Å². The predicted molar refractivity (Wildman–Crippen MR) is 102 cm³/mol. The number of rotatable bonds is 7. The minimum absolute atomic E-state index is 0.446. The van der Waals surface area contributed by atoms with Crippen LogP contribution in [-0.2, 0) is 13.1 Å². The fraction of sp³-hybridized carbons (Fsp3) is 0.300.